The van der Waals surface area contributed by atoms with Crippen molar-refractivity contribution in [2.75, 3.05) is 0 Å². The quantitative estimate of drug-likeness (QED) is 0.675. The van der Waals surface area contributed by atoms with Gasteiger partial charge >= 0.3 is 0 Å². The Balaban J connectivity index is 2.14. The third-order valence-electron chi connectivity index (χ3n) is 2.62. The van der Waals surface area contributed by atoms with Gasteiger partial charge in [-0.25, -0.2) is 9.37 Å². The van der Waals surface area contributed by atoms with Gasteiger partial charge in [-0.2, -0.15) is 0 Å². The summed E-state index contributed by atoms with van der Waals surface area (Å²) in [5.74, 6) is 1.24. The zero-order valence-electron chi connectivity index (χ0n) is 10.2. The summed E-state index contributed by atoms with van der Waals surface area (Å²) in [5.41, 5.74) is 2.04. The van der Waals surface area contributed by atoms with Crippen LogP contribution in [-0.4, -0.2) is 9.97 Å². The fourth-order valence-electron chi connectivity index (χ4n) is 1.48. The van der Waals surface area contributed by atoms with E-state index in [1.165, 1.54) is 23.9 Å². The van der Waals surface area contributed by atoms with Crippen LogP contribution in [-0.2, 0) is 5.75 Å². The van der Waals surface area contributed by atoms with Crippen molar-refractivity contribution in [3.05, 3.63) is 51.8 Å². The van der Waals surface area contributed by atoms with Gasteiger partial charge in [0.2, 0.25) is 0 Å². The maximum Gasteiger partial charge on any atom is 0.132 e. The first kappa shape index (κ1) is 13.2. The van der Waals surface area contributed by atoms with Crippen molar-refractivity contribution >= 4 is 24.0 Å². The number of aromatic nitrogens is 2. The molecule has 0 fully saturated rings. The maximum absolute atomic E-state index is 13.0. The molecule has 1 heterocycles. The molecule has 0 aliphatic rings. The zero-order valence-corrected chi connectivity index (χ0v) is 11.8. The lowest BCUT2D eigenvalue weighted by atomic mass is 10.3. The molecule has 0 radical (unpaired) electrons. The third-order valence-corrected chi connectivity index (χ3v) is 4.03. The second-order valence-electron chi connectivity index (χ2n) is 3.98. The Morgan fingerprint density at radius 1 is 1.39 bits per heavy atom. The first-order valence-corrected chi connectivity index (χ1v) is 6.90. The number of H-pyrrole nitrogens is 1. The molecule has 1 N–H and O–H groups in total. The highest BCUT2D eigenvalue weighted by Gasteiger charge is 2.03. The normalized spacial score (nSPS) is 10.6. The van der Waals surface area contributed by atoms with E-state index in [1.54, 1.807) is 6.07 Å². The largest absolute Gasteiger partial charge is 0.346 e. The highest BCUT2D eigenvalue weighted by molar-refractivity contribution is 7.98. The summed E-state index contributed by atoms with van der Waals surface area (Å²) in [4.78, 5) is 8.41. The maximum atomic E-state index is 13.0. The smallest absolute Gasteiger partial charge is 0.132 e. The molecule has 0 aliphatic carbocycles. The number of benzene rings is 1. The predicted octanol–water partition coefficient (Wildman–Crippen LogP) is 4.19. The van der Waals surface area contributed by atoms with Crippen LogP contribution < -0.4 is 0 Å². The van der Waals surface area contributed by atoms with Crippen molar-refractivity contribution in [1.29, 1.82) is 0 Å². The molecule has 2 aromatic rings. The molecular formula is C13H13FN2S2. The van der Waals surface area contributed by atoms with Crippen molar-refractivity contribution in [3.8, 4) is 0 Å². The first-order chi connectivity index (χ1) is 8.56. The van der Waals surface area contributed by atoms with Crippen LogP contribution in [0.25, 0.3) is 0 Å². The van der Waals surface area contributed by atoms with Crippen molar-refractivity contribution in [3.63, 3.8) is 0 Å². The minimum absolute atomic E-state index is 0.221. The van der Waals surface area contributed by atoms with Crippen LogP contribution in [0.15, 0.2) is 29.2 Å². The number of hydrogen-bond acceptors (Lipinski definition) is 3. The summed E-state index contributed by atoms with van der Waals surface area (Å²) in [6.07, 6.45) is 0. The number of thioether (sulfide) groups is 1. The van der Waals surface area contributed by atoms with E-state index in [9.17, 15) is 4.39 Å². The molecule has 0 unspecified atom stereocenters. The van der Waals surface area contributed by atoms with Crippen molar-refractivity contribution in [2.45, 2.75) is 24.5 Å². The SMILES string of the molecule is Cc1[nH]c(CSc2cccc(F)c2)nc(=S)c1C. The van der Waals surface area contributed by atoms with Crippen molar-refractivity contribution < 1.29 is 4.39 Å². The van der Waals surface area contributed by atoms with Crippen LogP contribution in [0.3, 0.4) is 0 Å². The van der Waals surface area contributed by atoms with Crippen LogP contribution in [0.1, 0.15) is 17.1 Å². The molecular weight excluding hydrogens is 267 g/mol. The Hall–Kier alpha value is -1.20. The van der Waals surface area contributed by atoms with Gasteiger partial charge in [-0.1, -0.05) is 18.3 Å². The van der Waals surface area contributed by atoms with Gasteiger partial charge < -0.3 is 4.98 Å². The van der Waals surface area contributed by atoms with E-state index in [1.807, 2.05) is 19.9 Å². The highest BCUT2D eigenvalue weighted by atomic mass is 32.2. The van der Waals surface area contributed by atoms with Gasteiger partial charge in [0.15, 0.2) is 0 Å². The Labute approximate surface area is 115 Å². The highest BCUT2D eigenvalue weighted by Crippen LogP contribution is 2.22. The summed E-state index contributed by atoms with van der Waals surface area (Å²) < 4.78 is 13.6. The fourth-order valence-corrected chi connectivity index (χ4v) is 2.56. The lowest BCUT2D eigenvalue weighted by Gasteiger charge is -2.05. The van der Waals surface area contributed by atoms with Gasteiger partial charge in [0, 0.05) is 16.2 Å². The van der Waals surface area contributed by atoms with Gasteiger partial charge in [-0.05, 0) is 32.0 Å². The second-order valence-corrected chi connectivity index (χ2v) is 5.42. The number of aromatic amines is 1. The van der Waals surface area contributed by atoms with Gasteiger partial charge in [0.1, 0.15) is 16.3 Å². The van der Waals surface area contributed by atoms with E-state index in [4.69, 9.17) is 12.2 Å². The minimum atomic E-state index is -0.221. The number of rotatable bonds is 3. The molecule has 1 aromatic heterocycles. The molecule has 0 atom stereocenters. The summed E-state index contributed by atoms with van der Waals surface area (Å²) in [6.45, 7) is 3.92. The van der Waals surface area contributed by atoms with E-state index >= 15 is 0 Å². The molecule has 0 spiro atoms. The molecule has 1 aromatic carbocycles. The summed E-state index contributed by atoms with van der Waals surface area (Å²) in [5, 5.41) is 0. The minimum Gasteiger partial charge on any atom is -0.346 e. The number of nitrogens with zero attached hydrogens (tertiary/aromatic N) is 1. The van der Waals surface area contributed by atoms with Gasteiger partial charge in [0.05, 0.1) is 5.75 Å². The van der Waals surface area contributed by atoms with Crippen molar-refractivity contribution in [1.82, 2.24) is 9.97 Å². The van der Waals surface area contributed by atoms with Gasteiger partial charge in [-0.15, -0.1) is 11.8 Å². The summed E-state index contributed by atoms with van der Waals surface area (Å²) >= 11 is 6.71. The Morgan fingerprint density at radius 3 is 2.83 bits per heavy atom. The van der Waals surface area contributed by atoms with Crippen LogP contribution in [0, 0.1) is 24.3 Å². The third kappa shape index (κ3) is 3.17. The van der Waals surface area contributed by atoms with Gasteiger partial charge in [0.25, 0.3) is 0 Å². The predicted molar refractivity (Wildman–Crippen MR) is 74.9 cm³/mol. The zero-order chi connectivity index (χ0) is 13.1. The van der Waals surface area contributed by atoms with Crippen molar-refractivity contribution in [2.24, 2.45) is 0 Å². The molecule has 0 bridgehead atoms. The molecule has 0 saturated heterocycles. The Kier molecular flexibility index (Phi) is 4.14. The Morgan fingerprint density at radius 2 is 2.17 bits per heavy atom. The number of nitrogens with one attached hydrogen (secondary N) is 1. The summed E-state index contributed by atoms with van der Waals surface area (Å²) in [6, 6.07) is 6.53. The molecule has 18 heavy (non-hydrogen) atoms. The topological polar surface area (TPSA) is 28.7 Å². The molecule has 2 nitrogen and oxygen atoms in total. The van der Waals surface area contributed by atoms with E-state index in [-0.39, 0.29) is 5.82 Å². The second kappa shape index (κ2) is 5.63. The molecule has 5 heteroatoms. The monoisotopic (exact) mass is 280 g/mol. The average Bonchev–Trinajstić information content (AvgIpc) is 2.33. The molecule has 0 saturated carbocycles. The number of aryl methyl sites for hydroxylation is 1. The molecule has 0 aliphatic heterocycles. The van der Waals surface area contributed by atoms with Gasteiger partial charge in [-0.3, -0.25) is 0 Å². The molecule has 2 rings (SSSR count). The fraction of sp³-hybridized carbons (Fsp3) is 0.231. The molecule has 94 valence electrons. The summed E-state index contributed by atoms with van der Waals surface area (Å²) in [7, 11) is 0. The lowest BCUT2D eigenvalue weighted by Crippen LogP contribution is -1.98. The standard InChI is InChI=1S/C13H13FN2S2/c1-8-9(2)15-12(16-13(8)17)7-18-11-5-3-4-10(14)6-11/h3-6H,7H2,1-2H3,(H,15,16,17). The van der Waals surface area contributed by atoms with Crippen LogP contribution >= 0.6 is 24.0 Å². The number of hydrogen-bond donors (Lipinski definition) is 1. The van der Waals surface area contributed by atoms with E-state index in [0.29, 0.717) is 10.4 Å². The molecule has 0 amide bonds. The number of halogens is 1. The van der Waals surface area contributed by atoms with Crippen LogP contribution in [0.5, 0.6) is 0 Å². The van der Waals surface area contributed by atoms with E-state index in [2.05, 4.69) is 9.97 Å². The lowest BCUT2D eigenvalue weighted by molar-refractivity contribution is 0.624. The van der Waals surface area contributed by atoms with Crippen LogP contribution in [0.2, 0.25) is 0 Å². The van der Waals surface area contributed by atoms with E-state index in [0.717, 1.165) is 22.0 Å². The Bertz CT molecular complexity index is 623. The van der Waals surface area contributed by atoms with E-state index < -0.39 is 0 Å². The average molecular weight is 280 g/mol. The first-order valence-electron chi connectivity index (χ1n) is 5.51. The van der Waals surface area contributed by atoms with Crippen LogP contribution in [0.4, 0.5) is 4.39 Å².